The van der Waals surface area contributed by atoms with Gasteiger partial charge in [-0.15, -0.1) is 0 Å². The minimum absolute atomic E-state index is 0.180. The number of benzene rings is 2. The highest BCUT2D eigenvalue weighted by Crippen LogP contribution is 2.45. The fourth-order valence-corrected chi connectivity index (χ4v) is 4.09. The molecule has 0 spiro atoms. The number of para-hydroxylation sites is 1. The van der Waals surface area contributed by atoms with Crippen LogP contribution in [0.1, 0.15) is 21.6 Å². The van der Waals surface area contributed by atoms with Gasteiger partial charge in [-0.25, -0.2) is 14.1 Å². The van der Waals surface area contributed by atoms with E-state index >= 15 is 0 Å². The Morgan fingerprint density at radius 3 is 2.58 bits per heavy atom. The van der Waals surface area contributed by atoms with Crippen LogP contribution in [0.5, 0.6) is 11.5 Å². The summed E-state index contributed by atoms with van der Waals surface area (Å²) >= 11 is 5.88. The first kappa shape index (κ1) is 21.0. The highest BCUT2D eigenvalue weighted by molar-refractivity contribution is 6.30. The number of pyridine rings is 1. The van der Waals surface area contributed by atoms with E-state index in [-0.39, 0.29) is 11.4 Å². The van der Waals surface area contributed by atoms with E-state index in [9.17, 15) is 9.18 Å². The number of halogens is 2. The van der Waals surface area contributed by atoms with Gasteiger partial charge in [0.25, 0.3) is 5.91 Å². The summed E-state index contributed by atoms with van der Waals surface area (Å²) in [6.45, 7) is 0. The van der Waals surface area contributed by atoms with Crippen molar-refractivity contribution >= 4 is 23.3 Å². The highest BCUT2D eigenvalue weighted by atomic mass is 35.5. The molecule has 1 aliphatic carbocycles. The molecule has 0 unspecified atom stereocenters. The SMILES string of the molecule is COc1cc2c(cc1OC)-c1c(c(C(=O)Nc3ccc(Cl)cn3)nn1-c1ccccc1F)C2. The summed E-state index contributed by atoms with van der Waals surface area (Å²) in [4.78, 5) is 17.3. The van der Waals surface area contributed by atoms with Crippen molar-refractivity contribution in [2.75, 3.05) is 19.5 Å². The van der Waals surface area contributed by atoms with E-state index in [1.165, 1.54) is 16.9 Å². The van der Waals surface area contributed by atoms with E-state index < -0.39 is 11.7 Å². The number of anilines is 1. The first-order valence-electron chi connectivity index (χ1n) is 10.0. The normalized spacial score (nSPS) is 11.6. The Bertz CT molecular complexity index is 1390. The van der Waals surface area contributed by atoms with Crippen molar-refractivity contribution in [2.24, 2.45) is 0 Å². The van der Waals surface area contributed by atoms with Gasteiger partial charge in [-0.3, -0.25) is 4.79 Å². The average molecular weight is 465 g/mol. The molecule has 0 radical (unpaired) electrons. The topological polar surface area (TPSA) is 78.3 Å². The van der Waals surface area contributed by atoms with Gasteiger partial charge in [0, 0.05) is 23.7 Å². The van der Waals surface area contributed by atoms with Crippen molar-refractivity contribution in [2.45, 2.75) is 6.42 Å². The predicted octanol–water partition coefficient (Wildman–Crippen LogP) is 4.90. The number of ether oxygens (including phenoxy) is 2. The summed E-state index contributed by atoms with van der Waals surface area (Å²) in [5, 5.41) is 7.71. The highest BCUT2D eigenvalue weighted by Gasteiger charge is 2.33. The van der Waals surface area contributed by atoms with Crippen LogP contribution in [0, 0.1) is 5.82 Å². The second kappa shape index (κ2) is 8.22. The van der Waals surface area contributed by atoms with Crippen LogP contribution >= 0.6 is 11.6 Å². The Kier molecular flexibility index (Phi) is 5.22. The third-order valence-electron chi connectivity index (χ3n) is 5.48. The van der Waals surface area contributed by atoms with Gasteiger partial charge in [-0.05, 0) is 42.0 Å². The lowest BCUT2D eigenvalue weighted by Crippen LogP contribution is -2.16. The molecular weight excluding hydrogens is 447 g/mol. The molecule has 4 aromatic rings. The van der Waals surface area contributed by atoms with E-state index in [0.29, 0.717) is 40.0 Å². The van der Waals surface area contributed by atoms with Crippen LogP contribution in [-0.4, -0.2) is 34.9 Å². The molecule has 1 aliphatic rings. The van der Waals surface area contributed by atoms with Gasteiger partial charge in [0.05, 0.1) is 24.9 Å². The van der Waals surface area contributed by atoms with Crippen molar-refractivity contribution in [3.8, 4) is 28.4 Å². The van der Waals surface area contributed by atoms with Gasteiger partial charge in [0.15, 0.2) is 17.2 Å². The summed E-state index contributed by atoms with van der Waals surface area (Å²) in [5.74, 6) is 0.522. The van der Waals surface area contributed by atoms with Gasteiger partial charge in [0.2, 0.25) is 0 Å². The first-order valence-corrected chi connectivity index (χ1v) is 10.4. The van der Waals surface area contributed by atoms with E-state index in [2.05, 4.69) is 15.4 Å². The lowest BCUT2D eigenvalue weighted by Gasteiger charge is -2.12. The van der Waals surface area contributed by atoms with Gasteiger partial charge < -0.3 is 14.8 Å². The quantitative estimate of drug-likeness (QED) is 0.400. The third-order valence-corrected chi connectivity index (χ3v) is 5.70. The van der Waals surface area contributed by atoms with Crippen LogP contribution in [0.2, 0.25) is 5.02 Å². The maximum Gasteiger partial charge on any atom is 0.277 e. The lowest BCUT2D eigenvalue weighted by atomic mass is 10.1. The van der Waals surface area contributed by atoms with Crippen LogP contribution < -0.4 is 14.8 Å². The lowest BCUT2D eigenvalue weighted by molar-refractivity contribution is 0.102. The number of nitrogens with one attached hydrogen (secondary N) is 1. The van der Waals surface area contributed by atoms with Crippen LogP contribution in [0.4, 0.5) is 10.2 Å². The largest absolute Gasteiger partial charge is 0.493 e. The Balaban J connectivity index is 1.66. The van der Waals surface area contributed by atoms with Crippen molar-refractivity contribution in [3.63, 3.8) is 0 Å². The van der Waals surface area contributed by atoms with E-state index in [1.54, 1.807) is 44.6 Å². The number of aromatic nitrogens is 3. The number of hydrogen-bond acceptors (Lipinski definition) is 5. The monoisotopic (exact) mass is 464 g/mol. The summed E-state index contributed by atoms with van der Waals surface area (Å²) in [7, 11) is 3.11. The van der Waals surface area contributed by atoms with Crippen molar-refractivity contribution in [3.05, 3.63) is 82.4 Å². The number of amides is 1. The maximum absolute atomic E-state index is 14.8. The molecular formula is C24H18ClFN4O3. The predicted molar refractivity (Wildman–Crippen MR) is 122 cm³/mol. The van der Waals surface area contributed by atoms with Gasteiger partial charge in [-0.1, -0.05) is 23.7 Å². The third kappa shape index (κ3) is 3.58. The molecule has 7 nitrogen and oxygen atoms in total. The van der Waals surface area contributed by atoms with Crippen molar-refractivity contribution < 1.29 is 18.7 Å². The number of carbonyl (C=O) groups excluding carboxylic acids is 1. The molecule has 0 saturated heterocycles. The molecule has 33 heavy (non-hydrogen) atoms. The van der Waals surface area contributed by atoms with Crippen LogP contribution in [0.15, 0.2) is 54.7 Å². The Morgan fingerprint density at radius 2 is 1.88 bits per heavy atom. The van der Waals surface area contributed by atoms with Gasteiger partial charge in [-0.2, -0.15) is 5.10 Å². The Morgan fingerprint density at radius 1 is 1.12 bits per heavy atom. The molecule has 5 rings (SSSR count). The summed E-state index contributed by atoms with van der Waals surface area (Å²) < 4.78 is 27.1. The number of carbonyl (C=O) groups is 1. The van der Waals surface area contributed by atoms with Crippen molar-refractivity contribution in [1.82, 2.24) is 14.8 Å². The average Bonchev–Trinajstić information content (AvgIpc) is 3.37. The molecule has 0 bridgehead atoms. The van der Waals surface area contributed by atoms with Crippen LogP contribution in [0.25, 0.3) is 16.9 Å². The standard InChI is InChI=1S/C24H18ClFN4O3/c1-32-19-10-13-9-16-22(24(31)28-21-8-7-14(25)12-27-21)29-30(18-6-4-3-5-17(18)26)23(16)15(13)11-20(19)33-2/h3-8,10-12H,9H2,1-2H3,(H,27,28,31). The van der Waals surface area contributed by atoms with Crippen LogP contribution in [0.3, 0.4) is 0 Å². The second-order valence-electron chi connectivity index (χ2n) is 7.40. The molecule has 0 aliphatic heterocycles. The van der Waals surface area contributed by atoms with E-state index in [4.69, 9.17) is 21.1 Å². The van der Waals surface area contributed by atoms with Crippen LogP contribution in [-0.2, 0) is 6.42 Å². The molecule has 1 N–H and O–H groups in total. The minimum atomic E-state index is -0.456. The number of hydrogen-bond donors (Lipinski definition) is 1. The molecule has 9 heteroatoms. The molecule has 1 amide bonds. The number of methoxy groups -OCH3 is 2. The smallest absolute Gasteiger partial charge is 0.277 e. The van der Waals surface area contributed by atoms with E-state index in [0.717, 1.165) is 11.1 Å². The summed E-state index contributed by atoms with van der Waals surface area (Å²) in [5.41, 5.74) is 3.44. The second-order valence-corrected chi connectivity index (χ2v) is 7.83. The number of nitrogens with zero attached hydrogens (tertiary/aromatic N) is 3. The molecule has 2 heterocycles. The van der Waals surface area contributed by atoms with Gasteiger partial charge >= 0.3 is 0 Å². The zero-order valence-electron chi connectivity index (χ0n) is 17.7. The van der Waals surface area contributed by atoms with E-state index in [1.807, 2.05) is 12.1 Å². The Hall–Kier alpha value is -3.91. The molecule has 166 valence electrons. The molecule has 0 saturated carbocycles. The first-order chi connectivity index (χ1) is 16.0. The molecule has 2 aromatic carbocycles. The maximum atomic E-state index is 14.8. The van der Waals surface area contributed by atoms with Gasteiger partial charge in [0.1, 0.15) is 17.3 Å². The fourth-order valence-electron chi connectivity index (χ4n) is 3.98. The zero-order valence-corrected chi connectivity index (χ0v) is 18.5. The van der Waals surface area contributed by atoms with Crippen molar-refractivity contribution in [1.29, 1.82) is 0 Å². The summed E-state index contributed by atoms with van der Waals surface area (Å²) in [6, 6.07) is 13.2. The number of fused-ring (bicyclic) bond motifs is 3. The fraction of sp³-hybridized carbons (Fsp3) is 0.125. The summed E-state index contributed by atoms with van der Waals surface area (Å²) in [6.07, 6.45) is 1.87. The zero-order chi connectivity index (χ0) is 23.1. The minimum Gasteiger partial charge on any atom is -0.493 e. The number of rotatable bonds is 5. The molecule has 0 atom stereocenters. The molecule has 0 fully saturated rings. The molecule has 2 aromatic heterocycles. The Labute approximate surface area is 193 Å².